The maximum Gasteiger partial charge on any atom is 0.229 e. The van der Waals surface area contributed by atoms with Crippen molar-refractivity contribution in [2.45, 2.75) is 18.2 Å². The molecule has 6 nitrogen and oxygen atoms in total. The Morgan fingerprint density at radius 1 is 1.03 bits per heavy atom. The van der Waals surface area contributed by atoms with E-state index >= 15 is 0 Å². The van der Waals surface area contributed by atoms with Gasteiger partial charge in [0.25, 0.3) is 0 Å². The Hall–Kier alpha value is -2.00. The molecule has 0 unspecified atom stereocenters. The molecule has 0 bridgehead atoms. The van der Waals surface area contributed by atoms with Gasteiger partial charge in [0, 0.05) is 30.2 Å². The van der Waals surface area contributed by atoms with E-state index in [9.17, 15) is 4.79 Å². The molecule has 9 heteroatoms. The molecule has 0 N–H and O–H groups in total. The third-order valence-electron chi connectivity index (χ3n) is 4.81. The van der Waals surface area contributed by atoms with Crippen molar-refractivity contribution in [2.24, 2.45) is 0 Å². The van der Waals surface area contributed by atoms with E-state index in [2.05, 4.69) is 36.1 Å². The van der Waals surface area contributed by atoms with Gasteiger partial charge in [-0.05, 0) is 45.3 Å². The highest BCUT2D eigenvalue weighted by atomic mass is 35.5. The fourth-order valence-corrected chi connectivity index (χ4v) is 5.00. The fraction of sp³-hybridized carbons (Fsp3) is 0.391. The summed E-state index contributed by atoms with van der Waals surface area (Å²) in [5.74, 6) is 2.19. The van der Waals surface area contributed by atoms with E-state index in [1.807, 2.05) is 26.2 Å². The van der Waals surface area contributed by atoms with Gasteiger partial charge in [-0.1, -0.05) is 29.0 Å². The van der Waals surface area contributed by atoms with Gasteiger partial charge in [-0.3, -0.25) is 9.69 Å². The van der Waals surface area contributed by atoms with Crippen LogP contribution < -0.4 is 14.4 Å². The number of aryl methyl sites for hydroxylation is 1. The van der Waals surface area contributed by atoms with E-state index in [1.165, 1.54) is 21.8 Å². The predicted octanol–water partition coefficient (Wildman–Crippen LogP) is 5.12. The molecule has 2 aromatic carbocycles. The maximum atomic E-state index is 13.2. The van der Waals surface area contributed by atoms with Crippen LogP contribution in [-0.2, 0) is 4.79 Å². The van der Waals surface area contributed by atoms with Gasteiger partial charge in [-0.15, -0.1) is 24.2 Å². The molecule has 174 valence electrons. The van der Waals surface area contributed by atoms with Crippen molar-refractivity contribution in [3.63, 3.8) is 0 Å². The van der Waals surface area contributed by atoms with Crippen molar-refractivity contribution in [3.8, 4) is 11.5 Å². The monoisotopic (exact) mass is 495 g/mol. The summed E-state index contributed by atoms with van der Waals surface area (Å²) in [6, 6.07) is 12.1. The normalized spacial score (nSPS) is 10.8. The molecule has 0 fully saturated rings. The number of halogens is 1. The average molecular weight is 496 g/mol. The molecule has 3 rings (SSSR count). The van der Waals surface area contributed by atoms with Crippen molar-refractivity contribution >= 4 is 56.8 Å². The highest BCUT2D eigenvalue weighted by molar-refractivity contribution is 7.99. The smallest absolute Gasteiger partial charge is 0.229 e. The van der Waals surface area contributed by atoms with Crippen LogP contribution in [0, 0.1) is 6.92 Å². The number of methoxy groups -OCH3 is 2. The molecule has 1 heterocycles. The number of nitrogens with zero attached hydrogens (tertiary/aromatic N) is 3. The Bertz CT molecular complexity index is 984. The minimum Gasteiger partial charge on any atom is -0.495 e. The molecule has 0 saturated heterocycles. The van der Waals surface area contributed by atoms with Crippen LogP contribution in [0.1, 0.15) is 12.0 Å². The van der Waals surface area contributed by atoms with Crippen LogP contribution in [0.2, 0.25) is 0 Å². The largest absolute Gasteiger partial charge is 0.495 e. The van der Waals surface area contributed by atoms with Crippen LogP contribution in [0.5, 0.6) is 11.5 Å². The Morgan fingerprint density at radius 3 is 2.31 bits per heavy atom. The number of benzene rings is 2. The Balaban J connectivity index is 0.00000363. The van der Waals surface area contributed by atoms with Crippen LogP contribution >= 0.6 is 35.5 Å². The molecule has 0 spiro atoms. The summed E-state index contributed by atoms with van der Waals surface area (Å²) in [6.07, 6.45) is 0.441. The number of thiazole rings is 1. The first-order valence-electron chi connectivity index (χ1n) is 10.1. The number of carbonyl (C=O) groups is 1. The molecule has 0 aliphatic heterocycles. The van der Waals surface area contributed by atoms with Gasteiger partial charge in [0.1, 0.15) is 21.7 Å². The molecule has 0 atom stereocenters. The van der Waals surface area contributed by atoms with E-state index in [4.69, 9.17) is 14.5 Å². The van der Waals surface area contributed by atoms with Gasteiger partial charge < -0.3 is 14.4 Å². The lowest BCUT2D eigenvalue weighted by molar-refractivity contribution is -0.118. The number of fused-ring (bicyclic) bond motifs is 1. The lowest BCUT2D eigenvalue weighted by atomic mass is 10.2. The number of rotatable bonds is 10. The number of likely N-dealkylation sites (N-methyl/N-ethyl adjacent to an activating group) is 1. The summed E-state index contributed by atoms with van der Waals surface area (Å²) >= 11 is 3.16. The zero-order valence-corrected chi connectivity index (χ0v) is 21.5. The van der Waals surface area contributed by atoms with E-state index in [0.29, 0.717) is 23.8 Å². The summed E-state index contributed by atoms with van der Waals surface area (Å²) in [5, 5.41) is 0.671. The number of aromatic nitrogens is 1. The molecule has 0 saturated carbocycles. The van der Waals surface area contributed by atoms with Crippen LogP contribution in [-0.4, -0.2) is 62.9 Å². The topological polar surface area (TPSA) is 54.9 Å². The molecule has 32 heavy (non-hydrogen) atoms. The van der Waals surface area contributed by atoms with Gasteiger partial charge in [-0.2, -0.15) is 0 Å². The lowest BCUT2D eigenvalue weighted by Gasteiger charge is -2.22. The molecule has 0 aliphatic carbocycles. The summed E-state index contributed by atoms with van der Waals surface area (Å²) < 4.78 is 11.9. The van der Waals surface area contributed by atoms with Crippen molar-refractivity contribution in [1.29, 1.82) is 0 Å². The van der Waals surface area contributed by atoms with Crippen LogP contribution in [0.3, 0.4) is 0 Å². The summed E-state index contributed by atoms with van der Waals surface area (Å²) in [5.41, 5.74) is 1.95. The summed E-state index contributed by atoms with van der Waals surface area (Å²) in [7, 11) is 7.26. The van der Waals surface area contributed by atoms with Crippen molar-refractivity contribution in [2.75, 3.05) is 52.1 Å². The second-order valence-electron chi connectivity index (χ2n) is 7.40. The first-order valence-corrected chi connectivity index (χ1v) is 11.9. The second kappa shape index (κ2) is 12.3. The minimum absolute atomic E-state index is 0. The molecule has 1 aromatic heterocycles. The lowest BCUT2D eigenvalue weighted by Crippen LogP contribution is -2.36. The van der Waals surface area contributed by atoms with Crippen LogP contribution in [0.4, 0.5) is 5.13 Å². The number of ether oxygens (including phenoxy) is 2. The number of amides is 1. The highest BCUT2D eigenvalue weighted by Crippen LogP contribution is 2.40. The van der Waals surface area contributed by atoms with Crippen LogP contribution in [0.15, 0.2) is 41.3 Å². The van der Waals surface area contributed by atoms with E-state index in [1.54, 1.807) is 30.9 Å². The molecule has 1 amide bonds. The number of hydrogen-bond acceptors (Lipinski definition) is 7. The SMILES string of the molecule is COc1ccc(OC)c2sc(N(CCN(C)C)C(=O)CCSc3ccc(C)cc3)nc12.Cl. The third-order valence-corrected chi connectivity index (χ3v) is 6.91. The Morgan fingerprint density at radius 2 is 1.69 bits per heavy atom. The van der Waals surface area contributed by atoms with Gasteiger partial charge in [-0.25, -0.2) is 4.98 Å². The average Bonchev–Trinajstić information content (AvgIpc) is 3.19. The van der Waals surface area contributed by atoms with Gasteiger partial charge in [0.15, 0.2) is 5.13 Å². The molecule has 3 aromatic rings. The number of hydrogen-bond donors (Lipinski definition) is 0. The first-order chi connectivity index (χ1) is 14.9. The van der Waals surface area contributed by atoms with Crippen molar-refractivity contribution < 1.29 is 14.3 Å². The molecular formula is C23H30ClN3O3S2. The second-order valence-corrected chi connectivity index (χ2v) is 9.55. The quantitative estimate of drug-likeness (QED) is 0.364. The summed E-state index contributed by atoms with van der Waals surface area (Å²) in [6.45, 7) is 3.40. The Kier molecular flexibility index (Phi) is 10.1. The Labute approximate surface area is 204 Å². The third kappa shape index (κ3) is 6.51. The zero-order chi connectivity index (χ0) is 22.4. The van der Waals surface area contributed by atoms with Gasteiger partial charge in [0.05, 0.1) is 14.2 Å². The standard InChI is InChI=1S/C23H29N3O3S2.ClH/c1-16-6-8-17(9-7-16)30-15-12-20(27)26(14-13-25(2)3)23-24-21-18(28-4)10-11-19(29-5)22(21)31-23;/h6-11H,12-15H2,1-5H3;1H. The zero-order valence-electron chi connectivity index (χ0n) is 19.1. The van der Waals surface area contributed by atoms with Crippen molar-refractivity contribution in [1.82, 2.24) is 9.88 Å². The number of anilines is 1. The molecular weight excluding hydrogens is 466 g/mol. The minimum atomic E-state index is 0. The fourth-order valence-electron chi connectivity index (χ4n) is 3.04. The van der Waals surface area contributed by atoms with E-state index in [-0.39, 0.29) is 18.3 Å². The van der Waals surface area contributed by atoms with Gasteiger partial charge in [0.2, 0.25) is 5.91 Å². The van der Waals surface area contributed by atoms with Crippen molar-refractivity contribution in [3.05, 3.63) is 42.0 Å². The molecule has 0 radical (unpaired) electrons. The maximum absolute atomic E-state index is 13.2. The highest BCUT2D eigenvalue weighted by Gasteiger charge is 2.22. The number of thioether (sulfide) groups is 1. The van der Waals surface area contributed by atoms with E-state index in [0.717, 1.165) is 28.3 Å². The first kappa shape index (κ1) is 26.3. The molecule has 0 aliphatic rings. The number of carbonyl (C=O) groups excluding carboxylic acids is 1. The van der Waals surface area contributed by atoms with E-state index < -0.39 is 0 Å². The van der Waals surface area contributed by atoms with Gasteiger partial charge >= 0.3 is 0 Å². The predicted molar refractivity (Wildman–Crippen MR) is 137 cm³/mol. The van der Waals surface area contributed by atoms with Crippen LogP contribution in [0.25, 0.3) is 10.2 Å². The summed E-state index contributed by atoms with van der Waals surface area (Å²) in [4.78, 5) is 23.0.